The molecule has 1 aliphatic carbocycles. The third-order valence-electron chi connectivity index (χ3n) is 6.24. The van der Waals surface area contributed by atoms with E-state index < -0.39 is 0 Å². The van der Waals surface area contributed by atoms with Gasteiger partial charge in [-0.3, -0.25) is 16.2 Å². The summed E-state index contributed by atoms with van der Waals surface area (Å²) in [4.78, 5) is 2.60. The molecule has 2 rings (SSSR count). The highest BCUT2D eigenvalue weighted by atomic mass is 16.5. The predicted octanol–water partition coefficient (Wildman–Crippen LogP) is 2.54. The number of hydrazine groups is 1. The Morgan fingerprint density at radius 2 is 1.81 bits per heavy atom. The van der Waals surface area contributed by atoms with Crippen molar-refractivity contribution in [2.45, 2.75) is 70.9 Å². The van der Waals surface area contributed by atoms with Crippen LogP contribution in [0, 0.1) is 11.8 Å². The highest BCUT2D eigenvalue weighted by molar-refractivity contribution is 5.00. The molecule has 2 fully saturated rings. The first kappa shape index (κ1) is 17.2. The number of hydrogen-bond donors (Lipinski definition) is 2. The number of morpholine rings is 1. The molecule has 21 heavy (non-hydrogen) atoms. The lowest BCUT2D eigenvalue weighted by atomic mass is 9.71. The van der Waals surface area contributed by atoms with Gasteiger partial charge in [0.1, 0.15) is 0 Å². The standard InChI is InChI=1S/C17H35N3O/c1-4-14-6-8-15(9-7-14)16(19-18)17(3,5-2)20-10-12-21-13-11-20/h14-16,19H,4-13,18H2,1-3H3. The second-order valence-electron chi connectivity index (χ2n) is 7.14. The molecule has 3 N–H and O–H groups in total. The molecular weight excluding hydrogens is 262 g/mol. The van der Waals surface area contributed by atoms with Crippen molar-refractivity contribution in [3.05, 3.63) is 0 Å². The number of rotatable bonds is 6. The molecular formula is C17H35N3O. The molecule has 0 bridgehead atoms. The van der Waals surface area contributed by atoms with Gasteiger partial charge in [-0.2, -0.15) is 0 Å². The molecule has 4 nitrogen and oxygen atoms in total. The van der Waals surface area contributed by atoms with Crippen molar-refractivity contribution in [1.29, 1.82) is 0 Å². The first-order chi connectivity index (χ1) is 10.2. The third kappa shape index (κ3) is 3.79. The van der Waals surface area contributed by atoms with Crippen LogP contribution >= 0.6 is 0 Å². The summed E-state index contributed by atoms with van der Waals surface area (Å²) < 4.78 is 5.53. The number of nitrogens with two attached hydrogens (primary N) is 1. The minimum atomic E-state index is 0.141. The molecule has 2 atom stereocenters. The molecule has 1 saturated carbocycles. The summed E-state index contributed by atoms with van der Waals surface area (Å²) in [5.41, 5.74) is 3.35. The first-order valence-electron chi connectivity index (χ1n) is 8.94. The molecule has 0 spiro atoms. The van der Waals surface area contributed by atoms with E-state index in [2.05, 4.69) is 31.1 Å². The van der Waals surface area contributed by atoms with E-state index in [1.54, 1.807) is 0 Å². The van der Waals surface area contributed by atoms with Gasteiger partial charge in [0.25, 0.3) is 0 Å². The third-order valence-corrected chi connectivity index (χ3v) is 6.24. The number of hydrogen-bond acceptors (Lipinski definition) is 4. The normalized spacial score (nSPS) is 32.6. The fraction of sp³-hybridized carbons (Fsp3) is 1.00. The van der Waals surface area contributed by atoms with Gasteiger partial charge < -0.3 is 4.74 Å². The van der Waals surface area contributed by atoms with E-state index in [1.807, 2.05) is 0 Å². The van der Waals surface area contributed by atoms with Crippen LogP contribution in [-0.4, -0.2) is 42.8 Å². The van der Waals surface area contributed by atoms with Crippen LogP contribution in [0.5, 0.6) is 0 Å². The van der Waals surface area contributed by atoms with Crippen molar-refractivity contribution in [2.75, 3.05) is 26.3 Å². The second-order valence-corrected chi connectivity index (χ2v) is 7.14. The Morgan fingerprint density at radius 1 is 1.19 bits per heavy atom. The zero-order valence-corrected chi connectivity index (χ0v) is 14.2. The maximum absolute atomic E-state index is 6.03. The van der Waals surface area contributed by atoms with Crippen LogP contribution in [0.1, 0.15) is 59.3 Å². The van der Waals surface area contributed by atoms with Crippen LogP contribution in [0.4, 0.5) is 0 Å². The molecule has 0 aromatic rings. The van der Waals surface area contributed by atoms with Crippen LogP contribution in [0.2, 0.25) is 0 Å². The summed E-state index contributed by atoms with van der Waals surface area (Å²) in [6, 6.07) is 0.387. The molecule has 0 aromatic carbocycles. The summed E-state index contributed by atoms with van der Waals surface area (Å²) in [6.07, 6.45) is 7.88. The van der Waals surface area contributed by atoms with Crippen LogP contribution < -0.4 is 11.3 Å². The number of nitrogens with zero attached hydrogens (tertiary/aromatic N) is 1. The van der Waals surface area contributed by atoms with Crippen LogP contribution in [-0.2, 0) is 4.74 Å². The summed E-state index contributed by atoms with van der Waals surface area (Å²) in [6.45, 7) is 10.8. The van der Waals surface area contributed by atoms with Crippen LogP contribution in [0.25, 0.3) is 0 Å². The van der Waals surface area contributed by atoms with E-state index in [1.165, 1.54) is 32.1 Å². The molecule has 2 unspecified atom stereocenters. The van der Waals surface area contributed by atoms with Crippen LogP contribution in [0.15, 0.2) is 0 Å². The minimum absolute atomic E-state index is 0.141. The Balaban J connectivity index is 2.05. The van der Waals surface area contributed by atoms with Crippen molar-refractivity contribution in [3.8, 4) is 0 Å². The van der Waals surface area contributed by atoms with Crippen molar-refractivity contribution in [2.24, 2.45) is 17.7 Å². The lowest BCUT2D eigenvalue weighted by Gasteiger charge is -2.51. The lowest BCUT2D eigenvalue weighted by Crippen LogP contribution is -2.65. The Kier molecular flexibility index (Phi) is 6.48. The van der Waals surface area contributed by atoms with Crippen molar-refractivity contribution >= 4 is 0 Å². The Bertz CT molecular complexity index is 298. The molecule has 1 aliphatic heterocycles. The Morgan fingerprint density at radius 3 is 2.29 bits per heavy atom. The van der Waals surface area contributed by atoms with E-state index in [4.69, 9.17) is 10.6 Å². The average Bonchev–Trinajstić information content (AvgIpc) is 2.56. The maximum atomic E-state index is 6.03. The monoisotopic (exact) mass is 297 g/mol. The van der Waals surface area contributed by atoms with E-state index in [-0.39, 0.29) is 5.54 Å². The van der Waals surface area contributed by atoms with Gasteiger partial charge in [0.2, 0.25) is 0 Å². The van der Waals surface area contributed by atoms with Crippen molar-refractivity contribution in [3.63, 3.8) is 0 Å². The molecule has 0 aromatic heterocycles. The SMILES string of the molecule is CCC1CCC(C(NN)C(C)(CC)N2CCOCC2)CC1. The fourth-order valence-electron chi connectivity index (χ4n) is 4.47. The summed E-state index contributed by atoms with van der Waals surface area (Å²) >= 11 is 0. The zero-order valence-electron chi connectivity index (χ0n) is 14.2. The summed E-state index contributed by atoms with van der Waals surface area (Å²) in [5.74, 6) is 7.69. The van der Waals surface area contributed by atoms with E-state index >= 15 is 0 Å². The van der Waals surface area contributed by atoms with E-state index in [0.717, 1.165) is 38.6 Å². The molecule has 1 heterocycles. The molecule has 0 radical (unpaired) electrons. The summed E-state index contributed by atoms with van der Waals surface area (Å²) in [5, 5.41) is 0. The van der Waals surface area contributed by atoms with E-state index in [0.29, 0.717) is 12.0 Å². The molecule has 0 amide bonds. The van der Waals surface area contributed by atoms with Crippen molar-refractivity contribution in [1.82, 2.24) is 10.3 Å². The van der Waals surface area contributed by atoms with E-state index in [9.17, 15) is 0 Å². The number of ether oxygens (including phenoxy) is 1. The molecule has 124 valence electrons. The maximum Gasteiger partial charge on any atom is 0.0594 e. The topological polar surface area (TPSA) is 50.5 Å². The van der Waals surface area contributed by atoms with Gasteiger partial charge in [-0.25, -0.2) is 0 Å². The van der Waals surface area contributed by atoms with Gasteiger partial charge in [0.05, 0.1) is 13.2 Å². The van der Waals surface area contributed by atoms with Gasteiger partial charge in [0, 0.05) is 24.7 Å². The Hall–Kier alpha value is -0.160. The highest BCUT2D eigenvalue weighted by Gasteiger charge is 2.43. The molecule has 1 saturated heterocycles. The summed E-state index contributed by atoms with van der Waals surface area (Å²) in [7, 11) is 0. The zero-order chi connectivity index (χ0) is 15.3. The predicted molar refractivity (Wildman–Crippen MR) is 87.9 cm³/mol. The fourth-order valence-corrected chi connectivity index (χ4v) is 4.47. The largest absolute Gasteiger partial charge is 0.379 e. The Labute approximate surface area is 130 Å². The van der Waals surface area contributed by atoms with Gasteiger partial charge >= 0.3 is 0 Å². The quantitative estimate of drug-likeness (QED) is 0.584. The highest BCUT2D eigenvalue weighted by Crippen LogP contribution is 2.38. The number of nitrogens with one attached hydrogen (secondary N) is 1. The smallest absolute Gasteiger partial charge is 0.0594 e. The van der Waals surface area contributed by atoms with Gasteiger partial charge in [-0.05, 0) is 38.0 Å². The second kappa shape index (κ2) is 7.91. The van der Waals surface area contributed by atoms with Crippen LogP contribution in [0.3, 0.4) is 0 Å². The van der Waals surface area contributed by atoms with Gasteiger partial charge in [0.15, 0.2) is 0 Å². The first-order valence-corrected chi connectivity index (χ1v) is 8.94. The lowest BCUT2D eigenvalue weighted by molar-refractivity contribution is -0.0450. The molecule has 2 aliphatic rings. The minimum Gasteiger partial charge on any atom is -0.379 e. The molecule has 4 heteroatoms. The van der Waals surface area contributed by atoms with Gasteiger partial charge in [-0.1, -0.05) is 33.1 Å². The van der Waals surface area contributed by atoms with Crippen molar-refractivity contribution < 1.29 is 4.74 Å². The average molecular weight is 297 g/mol. The van der Waals surface area contributed by atoms with Gasteiger partial charge in [-0.15, -0.1) is 0 Å².